The van der Waals surface area contributed by atoms with Crippen LogP contribution < -0.4 is 31.6 Å². The van der Waals surface area contributed by atoms with Crippen LogP contribution in [-0.2, 0) is 13.0 Å². The molecule has 0 saturated heterocycles. The molecule has 3 rings (SSSR count). The molecule has 2 aromatic heterocycles. The molecular weight excluding hydrogens is 581 g/mol. The monoisotopic (exact) mass is 631 g/mol. The molecule has 10 heteroatoms. The van der Waals surface area contributed by atoms with E-state index in [1.165, 1.54) is 44.4 Å². The number of nitrogens with two attached hydrogens (primary N) is 2. The first-order valence-electron chi connectivity index (χ1n) is 15.8. The zero-order valence-electron chi connectivity index (χ0n) is 27.6. The van der Waals surface area contributed by atoms with E-state index in [-0.39, 0.29) is 12.0 Å². The minimum absolute atomic E-state index is 0.138. The van der Waals surface area contributed by atoms with Crippen LogP contribution in [0.15, 0.2) is 53.5 Å². The van der Waals surface area contributed by atoms with Gasteiger partial charge in [-0.1, -0.05) is 49.3 Å². The number of urea groups is 1. The molecule has 6 N–H and O–H groups in total. The predicted octanol–water partition coefficient (Wildman–Crippen LogP) is 5.93. The smallest absolute Gasteiger partial charge is 0.321 e. The number of rotatable bonds is 16. The summed E-state index contributed by atoms with van der Waals surface area (Å²) in [5, 5.41) is 6.05. The number of aryl methyl sites for hydroxylation is 4. The van der Waals surface area contributed by atoms with Crippen molar-refractivity contribution >= 4 is 46.3 Å². The van der Waals surface area contributed by atoms with Crippen molar-refractivity contribution in [2.45, 2.75) is 72.3 Å². The van der Waals surface area contributed by atoms with Gasteiger partial charge in [0.15, 0.2) is 22.5 Å². The lowest BCUT2D eigenvalue weighted by molar-refractivity contribution is -0.709. The summed E-state index contributed by atoms with van der Waals surface area (Å²) in [6.07, 6.45) is 15.6. The fraction of sp³-hybridized carbons (Fsp3) is 0.429. The lowest BCUT2D eigenvalue weighted by Gasteiger charge is -2.11. The maximum atomic E-state index is 12.1. The maximum absolute atomic E-state index is 12.1. The predicted molar refractivity (Wildman–Crippen MR) is 191 cm³/mol. The molecule has 0 unspecified atom stereocenters. The van der Waals surface area contributed by atoms with Crippen LogP contribution in [0.4, 0.5) is 15.6 Å². The summed E-state index contributed by atoms with van der Waals surface area (Å²) in [4.78, 5) is 23.8. The summed E-state index contributed by atoms with van der Waals surface area (Å²) in [6.45, 7) is 8.49. The lowest BCUT2D eigenvalue weighted by atomic mass is 10.1. The zero-order chi connectivity index (χ0) is 32.6. The number of aromatic nitrogens is 2. The Labute approximate surface area is 273 Å². The van der Waals surface area contributed by atoms with Gasteiger partial charge in [0.2, 0.25) is 0 Å². The highest BCUT2D eigenvalue weighted by Crippen LogP contribution is 2.21. The highest BCUT2D eigenvalue weighted by molar-refractivity contribution is 7.15. The van der Waals surface area contributed by atoms with E-state index in [0.29, 0.717) is 18.2 Å². The van der Waals surface area contributed by atoms with Crippen molar-refractivity contribution in [3.05, 3.63) is 81.6 Å². The van der Waals surface area contributed by atoms with Crippen molar-refractivity contribution in [3.8, 4) is 0 Å². The van der Waals surface area contributed by atoms with Crippen molar-refractivity contribution in [1.82, 2.24) is 15.6 Å². The topological polar surface area (TPSA) is 126 Å². The zero-order valence-corrected chi connectivity index (χ0v) is 28.4. The average Bonchev–Trinajstić information content (AvgIpc) is 3.32. The Morgan fingerprint density at radius 3 is 2.24 bits per heavy atom. The Balaban J connectivity index is 1.26. The summed E-state index contributed by atoms with van der Waals surface area (Å²) < 4.78 is 2.40. The molecule has 0 atom stereocenters. The first-order valence-corrected chi connectivity index (χ1v) is 16.6. The van der Waals surface area contributed by atoms with E-state index in [2.05, 4.69) is 119 Å². The van der Waals surface area contributed by atoms with E-state index >= 15 is 0 Å². The van der Waals surface area contributed by atoms with E-state index in [1.807, 2.05) is 6.92 Å². The highest BCUT2D eigenvalue weighted by atomic mass is 32.1. The molecule has 45 heavy (non-hydrogen) atoms. The molecule has 1 aromatic carbocycles. The first kappa shape index (κ1) is 35.3. The third-order valence-electron chi connectivity index (χ3n) is 7.54. The standard InChI is InChI=1S/C35H50N8OS/c1-26-24-30(15-10-9-14-29-17-19-31(20-18-29)42(4)5)25-27(2)43(26)23-12-8-6-7-11-21-39-35(44)41-33(36)38-22-13-16-32-28(3)40-34(37)45-32/h9-10,14-15,17-20,24-25H,6-8,11-13,16,21-23H2,1-5H3,(H5-,36,37,38,39,40,41,44)/p+1. The van der Waals surface area contributed by atoms with Gasteiger partial charge in [0, 0.05) is 70.2 Å². The molecule has 0 radical (unpaired) electrons. The van der Waals surface area contributed by atoms with E-state index in [9.17, 15) is 4.79 Å². The molecule has 0 spiro atoms. The van der Waals surface area contributed by atoms with Gasteiger partial charge in [-0.3, -0.25) is 10.3 Å². The van der Waals surface area contributed by atoms with Crippen molar-refractivity contribution in [2.24, 2.45) is 10.7 Å². The molecule has 3 aromatic rings. The van der Waals surface area contributed by atoms with E-state index in [0.717, 1.165) is 57.2 Å². The third kappa shape index (κ3) is 12.8. The lowest BCUT2D eigenvalue weighted by Crippen LogP contribution is -2.43. The van der Waals surface area contributed by atoms with Gasteiger partial charge in [0.05, 0.1) is 5.69 Å². The Hall–Kier alpha value is -4.18. The van der Waals surface area contributed by atoms with Crippen LogP contribution in [0.2, 0.25) is 0 Å². The summed E-state index contributed by atoms with van der Waals surface area (Å²) in [5.41, 5.74) is 18.7. The Morgan fingerprint density at radius 1 is 0.956 bits per heavy atom. The van der Waals surface area contributed by atoms with Crippen LogP contribution in [0.3, 0.4) is 0 Å². The number of nitrogen functional groups attached to an aromatic ring is 1. The van der Waals surface area contributed by atoms with Gasteiger partial charge in [-0.25, -0.2) is 14.3 Å². The average molecular weight is 632 g/mol. The molecule has 0 saturated carbocycles. The Kier molecular flexibility index (Phi) is 14.6. The second-order valence-electron chi connectivity index (χ2n) is 11.5. The van der Waals surface area contributed by atoms with Crippen LogP contribution in [0.5, 0.6) is 0 Å². The van der Waals surface area contributed by atoms with Gasteiger partial charge in [-0.15, -0.1) is 11.3 Å². The molecule has 0 fully saturated rings. The number of allylic oxidation sites excluding steroid dienone is 2. The number of pyridine rings is 1. The number of nitrogens with one attached hydrogen (secondary N) is 2. The number of hydrogen-bond donors (Lipinski definition) is 4. The van der Waals surface area contributed by atoms with Gasteiger partial charge in [-0.05, 0) is 55.9 Å². The minimum atomic E-state index is -0.311. The number of thiazole rings is 1. The normalized spacial score (nSPS) is 11.9. The van der Waals surface area contributed by atoms with Crippen molar-refractivity contribution in [3.63, 3.8) is 0 Å². The molecule has 0 bridgehead atoms. The van der Waals surface area contributed by atoms with Gasteiger partial charge in [0.25, 0.3) is 0 Å². The number of guanidine groups is 1. The number of aliphatic imine (C=N–C) groups is 1. The van der Waals surface area contributed by atoms with Gasteiger partial charge < -0.3 is 21.7 Å². The van der Waals surface area contributed by atoms with Crippen molar-refractivity contribution in [1.29, 1.82) is 0 Å². The first-order chi connectivity index (χ1) is 21.6. The van der Waals surface area contributed by atoms with Crippen molar-refractivity contribution < 1.29 is 9.36 Å². The largest absolute Gasteiger partial charge is 0.378 e. The van der Waals surface area contributed by atoms with Gasteiger partial charge in [0.1, 0.15) is 6.54 Å². The highest BCUT2D eigenvalue weighted by Gasteiger charge is 2.11. The van der Waals surface area contributed by atoms with Crippen molar-refractivity contribution in [2.75, 3.05) is 37.8 Å². The van der Waals surface area contributed by atoms with E-state index < -0.39 is 0 Å². The number of benzene rings is 1. The van der Waals surface area contributed by atoms with Gasteiger partial charge >= 0.3 is 6.03 Å². The fourth-order valence-corrected chi connectivity index (χ4v) is 5.95. The molecule has 0 aliphatic rings. The van der Waals surface area contributed by atoms with Crippen LogP contribution in [0.1, 0.15) is 71.6 Å². The molecule has 2 heterocycles. The van der Waals surface area contributed by atoms with E-state index in [1.54, 1.807) is 0 Å². The summed E-state index contributed by atoms with van der Waals surface area (Å²) >= 11 is 1.51. The number of anilines is 2. The molecule has 242 valence electrons. The van der Waals surface area contributed by atoms with Crippen LogP contribution in [-0.4, -0.2) is 44.2 Å². The number of carbonyl (C=O) groups is 1. The van der Waals surface area contributed by atoms with Crippen LogP contribution in [0.25, 0.3) is 12.2 Å². The molecule has 0 aliphatic heterocycles. The number of amides is 2. The van der Waals surface area contributed by atoms with E-state index in [4.69, 9.17) is 11.5 Å². The minimum Gasteiger partial charge on any atom is -0.378 e. The quantitative estimate of drug-likeness (QED) is 0.0513. The second-order valence-corrected chi connectivity index (χ2v) is 12.6. The SMILES string of the molecule is Cc1nc(N)sc1CCCN=C(N)NC(=O)NCCCCCCC[n+]1c(C)cc(/C=C/C=C/c2ccc(N(C)C)cc2)cc1C. The number of unbranched alkanes of at least 4 members (excludes halogenated alkanes) is 4. The maximum Gasteiger partial charge on any atom is 0.321 e. The number of hydrogen-bond acceptors (Lipinski definition) is 6. The molecule has 9 nitrogen and oxygen atoms in total. The number of carbonyl (C=O) groups excluding carboxylic acids is 1. The third-order valence-corrected chi connectivity index (χ3v) is 8.59. The Bertz CT molecular complexity index is 1430. The molecule has 0 aliphatic carbocycles. The molecular formula is C35H51N8OS+. The second kappa shape index (κ2) is 18.6. The molecule has 2 amide bonds. The summed E-state index contributed by atoms with van der Waals surface area (Å²) in [7, 11) is 4.10. The Morgan fingerprint density at radius 2 is 1.60 bits per heavy atom. The summed E-state index contributed by atoms with van der Waals surface area (Å²) in [5.74, 6) is 0.138. The fourth-order valence-electron chi connectivity index (χ4n) is 5.07. The summed E-state index contributed by atoms with van der Waals surface area (Å²) in [6, 6.07) is 12.7. The van der Waals surface area contributed by atoms with Crippen LogP contribution >= 0.6 is 11.3 Å². The van der Waals surface area contributed by atoms with Crippen LogP contribution in [0, 0.1) is 20.8 Å². The van der Waals surface area contributed by atoms with Gasteiger partial charge in [-0.2, -0.15) is 0 Å². The number of nitrogens with zero attached hydrogens (tertiary/aromatic N) is 4.